The van der Waals surface area contributed by atoms with Crippen molar-refractivity contribution in [2.45, 2.75) is 31.3 Å². The number of aromatic nitrogens is 1. The summed E-state index contributed by atoms with van der Waals surface area (Å²) in [5, 5.41) is 6.20. The second kappa shape index (κ2) is 9.54. The highest BCUT2D eigenvalue weighted by molar-refractivity contribution is 6.09. The summed E-state index contributed by atoms with van der Waals surface area (Å²) >= 11 is 0. The lowest BCUT2D eigenvalue weighted by Crippen LogP contribution is -2.52. The Labute approximate surface area is 194 Å². The number of aliphatic imine (C=N–C) groups is 1. The van der Waals surface area contributed by atoms with Crippen LogP contribution < -0.4 is 21.3 Å². The zero-order chi connectivity index (χ0) is 23.4. The Morgan fingerprint density at radius 2 is 2.15 bits per heavy atom. The molecule has 1 aromatic carbocycles. The standard InChI is InChI=1S/C25H30N6O2/c1-27-16-19(14-26)18-5-3-4-17(12-18)15-30-23(32)22-13-21(8-10-29-22)31-11-9-25(28-2,24(31)33)20-6-7-20/h3-5,8,10,12-14,16,20,28H,6-7,9,11,15,26H2,1-2H3,(H,30,32)/t25-/m1/s1. The molecule has 2 aromatic rings. The van der Waals surface area contributed by atoms with Crippen molar-refractivity contribution in [3.05, 3.63) is 65.6 Å². The maximum atomic E-state index is 13.2. The minimum atomic E-state index is -0.476. The fourth-order valence-electron chi connectivity index (χ4n) is 4.57. The van der Waals surface area contributed by atoms with Crippen LogP contribution >= 0.6 is 0 Å². The summed E-state index contributed by atoms with van der Waals surface area (Å²) in [6.45, 7) is 0.971. The number of allylic oxidation sites excluding steroid dienone is 1. The summed E-state index contributed by atoms with van der Waals surface area (Å²) in [5.41, 5.74) is 8.87. The van der Waals surface area contributed by atoms with Crippen molar-refractivity contribution in [1.29, 1.82) is 0 Å². The van der Waals surface area contributed by atoms with Gasteiger partial charge in [0.1, 0.15) is 11.2 Å². The molecular weight excluding hydrogens is 416 g/mol. The van der Waals surface area contributed by atoms with Crippen molar-refractivity contribution < 1.29 is 9.59 Å². The van der Waals surface area contributed by atoms with Gasteiger partial charge in [0.05, 0.1) is 0 Å². The van der Waals surface area contributed by atoms with E-state index in [-0.39, 0.29) is 17.5 Å². The molecule has 8 nitrogen and oxygen atoms in total. The number of rotatable bonds is 8. The molecule has 0 spiro atoms. The molecule has 1 atom stereocenters. The van der Waals surface area contributed by atoms with Gasteiger partial charge in [-0.15, -0.1) is 0 Å². The minimum absolute atomic E-state index is 0.0845. The van der Waals surface area contributed by atoms with Crippen molar-refractivity contribution in [3.8, 4) is 0 Å². The summed E-state index contributed by atoms with van der Waals surface area (Å²) in [7, 11) is 3.55. The van der Waals surface area contributed by atoms with Gasteiger partial charge < -0.3 is 21.3 Å². The number of anilines is 1. The number of hydrogen-bond acceptors (Lipinski definition) is 6. The van der Waals surface area contributed by atoms with Crippen LogP contribution in [-0.2, 0) is 11.3 Å². The Bertz CT molecular complexity index is 1110. The number of amides is 2. The Morgan fingerprint density at radius 1 is 1.33 bits per heavy atom. The molecule has 0 radical (unpaired) electrons. The van der Waals surface area contributed by atoms with Gasteiger partial charge in [0.2, 0.25) is 5.91 Å². The summed E-state index contributed by atoms with van der Waals surface area (Å²) in [5.74, 6) is 0.195. The average molecular weight is 447 g/mol. The first-order chi connectivity index (χ1) is 16.0. The van der Waals surface area contributed by atoms with Gasteiger partial charge in [-0.2, -0.15) is 0 Å². The Morgan fingerprint density at radius 3 is 2.85 bits per heavy atom. The van der Waals surface area contributed by atoms with Crippen LogP contribution in [0.15, 0.2) is 53.8 Å². The monoisotopic (exact) mass is 446 g/mol. The van der Waals surface area contributed by atoms with Crippen molar-refractivity contribution in [2.75, 3.05) is 25.5 Å². The van der Waals surface area contributed by atoms with Gasteiger partial charge in [-0.25, -0.2) is 0 Å². The van der Waals surface area contributed by atoms with Gasteiger partial charge in [-0.1, -0.05) is 18.2 Å². The van der Waals surface area contributed by atoms with Gasteiger partial charge in [0, 0.05) is 50.0 Å². The summed E-state index contributed by atoms with van der Waals surface area (Å²) in [4.78, 5) is 36.0. The lowest BCUT2D eigenvalue weighted by atomic mass is 9.91. The quantitative estimate of drug-likeness (QED) is 0.538. The smallest absolute Gasteiger partial charge is 0.270 e. The van der Waals surface area contributed by atoms with E-state index in [1.54, 1.807) is 36.5 Å². The zero-order valence-corrected chi connectivity index (χ0v) is 19.0. The fourth-order valence-corrected chi connectivity index (χ4v) is 4.57. The third-order valence-electron chi connectivity index (χ3n) is 6.53. The molecule has 8 heteroatoms. The third-order valence-corrected chi connectivity index (χ3v) is 6.53. The highest BCUT2D eigenvalue weighted by Gasteiger charge is 2.55. The Hall–Kier alpha value is -3.52. The number of carbonyl (C=O) groups is 2. The van der Waals surface area contributed by atoms with Crippen LogP contribution in [0.1, 0.15) is 40.9 Å². The van der Waals surface area contributed by atoms with E-state index in [9.17, 15) is 9.59 Å². The fraction of sp³-hybridized carbons (Fsp3) is 0.360. The molecule has 1 saturated carbocycles. The molecule has 0 bridgehead atoms. The first-order valence-corrected chi connectivity index (χ1v) is 11.2. The molecule has 2 aliphatic rings. The molecule has 1 aliphatic carbocycles. The van der Waals surface area contributed by atoms with Crippen LogP contribution in [0.5, 0.6) is 0 Å². The van der Waals surface area contributed by atoms with Gasteiger partial charge in [0.15, 0.2) is 0 Å². The maximum Gasteiger partial charge on any atom is 0.270 e. The number of likely N-dealkylation sites (N-methyl/N-ethyl adjacent to an activating group) is 1. The van der Waals surface area contributed by atoms with Crippen LogP contribution in [0.2, 0.25) is 0 Å². The van der Waals surface area contributed by atoms with E-state index in [0.717, 1.165) is 36.0 Å². The predicted molar refractivity (Wildman–Crippen MR) is 130 cm³/mol. The molecule has 2 heterocycles. The molecule has 2 amide bonds. The molecule has 4 N–H and O–H groups in total. The van der Waals surface area contributed by atoms with E-state index in [0.29, 0.717) is 24.7 Å². The second-order valence-corrected chi connectivity index (χ2v) is 8.49. The highest BCUT2D eigenvalue weighted by atomic mass is 16.2. The Balaban J connectivity index is 1.44. The van der Waals surface area contributed by atoms with Crippen molar-refractivity contribution in [2.24, 2.45) is 16.6 Å². The van der Waals surface area contributed by atoms with Crippen LogP contribution in [-0.4, -0.2) is 49.2 Å². The molecule has 4 rings (SSSR count). The topological polar surface area (TPSA) is 113 Å². The number of nitrogens with zero attached hydrogens (tertiary/aromatic N) is 3. The lowest BCUT2D eigenvalue weighted by Gasteiger charge is -2.27. The average Bonchev–Trinajstić information content (AvgIpc) is 3.65. The number of carbonyl (C=O) groups excluding carboxylic acids is 2. The third kappa shape index (κ3) is 4.52. The summed E-state index contributed by atoms with van der Waals surface area (Å²) in [6.07, 6.45) is 7.72. The molecule has 0 unspecified atom stereocenters. The number of hydrogen-bond donors (Lipinski definition) is 3. The molecule has 2 fully saturated rings. The first-order valence-electron chi connectivity index (χ1n) is 11.2. The highest BCUT2D eigenvalue weighted by Crippen LogP contribution is 2.45. The van der Waals surface area contributed by atoms with E-state index in [2.05, 4.69) is 20.6 Å². The second-order valence-electron chi connectivity index (χ2n) is 8.49. The van der Waals surface area contributed by atoms with Gasteiger partial charge in [0.25, 0.3) is 5.91 Å². The number of benzene rings is 1. The molecule has 1 saturated heterocycles. The largest absolute Gasteiger partial charge is 0.404 e. The van der Waals surface area contributed by atoms with E-state index in [4.69, 9.17) is 5.73 Å². The van der Waals surface area contributed by atoms with E-state index in [1.165, 1.54) is 6.20 Å². The van der Waals surface area contributed by atoms with Crippen LogP contribution in [0.3, 0.4) is 0 Å². The molecule has 1 aliphatic heterocycles. The van der Waals surface area contributed by atoms with Crippen LogP contribution in [0, 0.1) is 5.92 Å². The van der Waals surface area contributed by atoms with Gasteiger partial charge in [-0.3, -0.25) is 19.6 Å². The minimum Gasteiger partial charge on any atom is -0.404 e. The lowest BCUT2D eigenvalue weighted by molar-refractivity contribution is -0.123. The SMILES string of the molecule is CN=CC(=CN)c1cccc(CNC(=O)c2cc(N3CC[C@@](NC)(C4CC4)C3=O)ccn2)c1. The van der Waals surface area contributed by atoms with E-state index < -0.39 is 5.54 Å². The number of nitrogens with two attached hydrogens (primary N) is 1. The van der Waals surface area contributed by atoms with Gasteiger partial charge in [-0.05, 0) is 61.6 Å². The number of nitrogens with one attached hydrogen (secondary N) is 2. The Kier molecular flexibility index (Phi) is 6.55. The van der Waals surface area contributed by atoms with Crippen LogP contribution in [0.4, 0.5) is 5.69 Å². The summed E-state index contributed by atoms with van der Waals surface area (Å²) in [6, 6.07) is 11.2. The van der Waals surface area contributed by atoms with E-state index in [1.807, 2.05) is 31.3 Å². The van der Waals surface area contributed by atoms with Crippen molar-refractivity contribution in [3.63, 3.8) is 0 Å². The molecule has 172 valence electrons. The normalized spacial score (nSPS) is 21.1. The van der Waals surface area contributed by atoms with Crippen LogP contribution in [0.25, 0.3) is 5.57 Å². The van der Waals surface area contributed by atoms with E-state index >= 15 is 0 Å². The van der Waals surface area contributed by atoms with Gasteiger partial charge >= 0.3 is 0 Å². The van der Waals surface area contributed by atoms with Crippen molar-refractivity contribution in [1.82, 2.24) is 15.6 Å². The zero-order valence-electron chi connectivity index (χ0n) is 19.0. The number of pyridine rings is 1. The molecule has 1 aromatic heterocycles. The predicted octanol–water partition coefficient (Wildman–Crippen LogP) is 2.12. The first kappa shape index (κ1) is 22.7. The molecule has 33 heavy (non-hydrogen) atoms. The summed E-state index contributed by atoms with van der Waals surface area (Å²) < 4.78 is 0. The molecular formula is C25H30N6O2. The maximum absolute atomic E-state index is 13.2. The van der Waals surface area contributed by atoms with Crippen molar-refractivity contribution >= 4 is 29.3 Å².